The summed E-state index contributed by atoms with van der Waals surface area (Å²) in [7, 11) is 0. The molecular formula is C17H16BrF2N. The van der Waals surface area contributed by atoms with Crippen LogP contribution in [0.25, 0.3) is 11.1 Å². The molecular weight excluding hydrogens is 336 g/mol. The fourth-order valence-corrected chi connectivity index (χ4v) is 3.35. The topological polar surface area (TPSA) is 12.0 Å². The van der Waals surface area contributed by atoms with Crippen molar-refractivity contribution in [3.05, 3.63) is 57.6 Å². The van der Waals surface area contributed by atoms with Crippen molar-refractivity contribution in [3.63, 3.8) is 0 Å². The van der Waals surface area contributed by atoms with Crippen molar-refractivity contribution in [2.75, 3.05) is 6.54 Å². The van der Waals surface area contributed by atoms with Gasteiger partial charge in [-0.2, -0.15) is 0 Å². The summed E-state index contributed by atoms with van der Waals surface area (Å²) < 4.78 is 28.5. The number of aryl methyl sites for hydroxylation is 1. The standard InChI is InChI=1S/C17H16BrF2N/c1-2-21-15-8-4-10-9-11(3-5-12(10)15)16-14(19)7-6-13(18)17(16)20/h3,5-7,9,15,21H,2,4,8H2,1H3. The Balaban J connectivity index is 2.05. The first-order valence-electron chi connectivity index (χ1n) is 7.12. The molecule has 4 heteroatoms. The molecule has 0 saturated carbocycles. The predicted molar refractivity (Wildman–Crippen MR) is 84.2 cm³/mol. The number of hydrogen-bond acceptors (Lipinski definition) is 1. The number of hydrogen-bond donors (Lipinski definition) is 1. The third-order valence-corrected chi connectivity index (χ3v) is 4.62. The van der Waals surface area contributed by atoms with Gasteiger partial charge in [0.15, 0.2) is 0 Å². The number of benzene rings is 2. The van der Waals surface area contributed by atoms with Gasteiger partial charge < -0.3 is 5.32 Å². The molecule has 1 atom stereocenters. The predicted octanol–water partition coefficient (Wildman–Crippen LogP) is 4.99. The summed E-state index contributed by atoms with van der Waals surface area (Å²) in [5.41, 5.74) is 3.06. The zero-order chi connectivity index (χ0) is 15.0. The van der Waals surface area contributed by atoms with E-state index in [1.54, 1.807) is 0 Å². The van der Waals surface area contributed by atoms with Crippen molar-refractivity contribution < 1.29 is 8.78 Å². The number of nitrogens with one attached hydrogen (secondary N) is 1. The molecule has 110 valence electrons. The maximum Gasteiger partial charge on any atom is 0.148 e. The smallest absolute Gasteiger partial charge is 0.148 e. The zero-order valence-corrected chi connectivity index (χ0v) is 13.3. The van der Waals surface area contributed by atoms with Crippen LogP contribution in [0, 0.1) is 11.6 Å². The summed E-state index contributed by atoms with van der Waals surface area (Å²) in [6.45, 7) is 3.00. The summed E-state index contributed by atoms with van der Waals surface area (Å²) in [6.07, 6.45) is 1.98. The molecule has 0 aliphatic heterocycles. The molecule has 0 amide bonds. The molecule has 1 N–H and O–H groups in total. The highest BCUT2D eigenvalue weighted by atomic mass is 79.9. The van der Waals surface area contributed by atoms with E-state index in [2.05, 4.69) is 28.2 Å². The molecule has 1 nitrogen and oxygen atoms in total. The van der Waals surface area contributed by atoms with Gasteiger partial charge >= 0.3 is 0 Å². The summed E-state index contributed by atoms with van der Waals surface area (Å²) in [5, 5.41) is 3.44. The van der Waals surface area contributed by atoms with Crippen LogP contribution in [0.4, 0.5) is 8.78 Å². The third-order valence-electron chi connectivity index (χ3n) is 4.00. The van der Waals surface area contributed by atoms with Crippen LogP contribution in [0.15, 0.2) is 34.8 Å². The van der Waals surface area contributed by atoms with Gasteiger partial charge in [-0.25, -0.2) is 8.78 Å². The average Bonchev–Trinajstić information content (AvgIpc) is 2.87. The van der Waals surface area contributed by atoms with Gasteiger partial charge in [-0.3, -0.25) is 0 Å². The van der Waals surface area contributed by atoms with Gasteiger partial charge in [0.25, 0.3) is 0 Å². The van der Waals surface area contributed by atoms with Crippen molar-refractivity contribution in [2.45, 2.75) is 25.8 Å². The first kappa shape index (κ1) is 14.7. The van der Waals surface area contributed by atoms with E-state index in [1.807, 2.05) is 18.2 Å². The maximum absolute atomic E-state index is 14.2. The molecule has 2 aromatic carbocycles. The van der Waals surface area contributed by atoms with Crippen molar-refractivity contribution in [2.24, 2.45) is 0 Å². The Morgan fingerprint density at radius 1 is 1.24 bits per heavy atom. The fourth-order valence-electron chi connectivity index (χ4n) is 3.02. The average molecular weight is 352 g/mol. The second kappa shape index (κ2) is 5.85. The Bertz CT molecular complexity index is 685. The lowest BCUT2D eigenvalue weighted by Crippen LogP contribution is -2.18. The lowest BCUT2D eigenvalue weighted by Gasteiger charge is -2.13. The Morgan fingerprint density at radius 3 is 2.81 bits per heavy atom. The van der Waals surface area contributed by atoms with Crippen molar-refractivity contribution >= 4 is 15.9 Å². The molecule has 0 aromatic heterocycles. The molecule has 1 unspecified atom stereocenters. The first-order chi connectivity index (χ1) is 10.1. The normalized spacial score (nSPS) is 17.0. The summed E-state index contributed by atoms with van der Waals surface area (Å²) in [6, 6.07) is 8.75. The van der Waals surface area contributed by atoms with E-state index in [-0.39, 0.29) is 10.0 Å². The molecule has 0 bridgehead atoms. The van der Waals surface area contributed by atoms with E-state index in [0.29, 0.717) is 11.6 Å². The van der Waals surface area contributed by atoms with E-state index in [4.69, 9.17) is 0 Å². The highest BCUT2D eigenvalue weighted by Crippen LogP contribution is 2.36. The molecule has 0 fully saturated rings. The third kappa shape index (κ3) is 2.62. The van der Waals surface area contributed by atoms with E-state index < -0.39 is 11.6 Å². The number of fused-ring (bicyclic) bond motifs is 1. The lowest BCUT2D eigenvalue weighted by molar-refractivity contribution is 0.549. The number of rotatable bonds is 3. The monoisotopic (exact) mass is 351 g/mol. The molecule has 1 aliphatic carbocycles. The molecule has 0 spiro atoms. The first-order valence-corrected chi connectivity index (χ1v) is 7.91. The van der Waals surface area contributed by atoms with Crippen molar-refractivity contribution in [1.29, 1.82) is 0 Å². The molecule has 3 rings (SSSR count). The SMILES string of the molecule is CCNC1CCc2cc(-c3c(F)ccc(Br)c3F)ccc21. The lowest BCUT2D eigenvalue weighted by atomic mass is 9.99. The summed E-state index contributed by atoms with van der Waals surface area (Å²) >= 11 is 3.12. The van der Waals surface area contributed by atoms with Gasteiger partial charge in [0.05, 0.1) is 10.0 Å². The van der Waals surface area contributed by atoms with Crippen LogP contribution < -0.4 is 5.32 Å². The van der Waals surface area contributed by atoms with E-state index in [1.165, 1.54) is 23.3 Å². The molecule has 1 aliphatic rings. The van der Waals surface area contributed by atoms with Crippen LogP contribution in [-0.2, 0) is 6.42 Å². The molecule has 0 saturated heterocycles. The maximum atomic E-state index is 14.2. The minimum atomic E-state index is -0.545. The van der Waals surface area contributed by atoms with Gasteiger partial charge in [-0.15, -0.1) is 0 Å². The minimum Gasteiger partial charge on any atom is -0.310 e. The van der Waals surface area contributed by atoms with Gasteiger partial charge in [0, 0.05) is 6.04 Å². The van der Waals surface area contributed by atoms with Crippen LogP contribution in [-0.4, -0.2) is 6.54 Å². The summed E-state index contributed by atoms with van der Waals surface area (Å²) in [5.74, 6) is -1.08. The highest BCUT2D eigenvalue weighted by molar-refractivity contribution is 9.10. The van der Waals surface area contributed by atoms with Crippen LogP contribution >= 0.6 is 15.9 Å². The van der Waals surface area contributed by atoms with Crippen LogP contribution in [0.5, 0.6) is 0 Å². The van der Waals surface area contributed by atoms with E-state index >= 15 is 0 Å². The second-order valence-electron chi connectivity index (χ2n) is 5.28. The fraction of sp³-hybridized carbons (Fsp3) is 0.294. The van der Waals surface area contributed by atoms with E-state index in [9.17, 15) is 8.78 Å². The number of halogens is 3. The minimum absolute atomic E-state index is 0.0408. The van der Waals surface area contributed by atoms with E-state index in [0.717, 1.165) is 19.4 Å². The molecule has 0 heterocycles. The quantitative estimate of drug-likeness (QED) is 0.768. The largest absolute Gasteiger partial charge is 0.310 e. The molecule has 2 aromatic rings. The van der Waals surface area contributed by atoms with Crippen LogP contribution in [0.2, 0.25) is 0 Å². The Morgan fingerprint density at radius 2 is 2.05 bits per heavy atom. The van der Waals surface area contributed by atoms with Gasteiger partial charge in [-0.1, -0.05) is 25.1 Å². The summed E-state index contributed by atoms with van der Waals surface area (Å²) in [4.78, 5) is 0. The molecule has 21 heavy (non-hydrogen) atoms. The van der Waals surface area contributed by atoms with Gasteiger partial charge in [-0.05, 0) is 64.1 Å². The Kier molecular flexibility index (Phi) is 4.09. The Hall–Kier alpha value is -1.26. The van der Waals surface area contributed by atoms with Crippen LogP contribution in [0.1, 0.15) is 30.5 Å². The van der Waals surface area contributed by atoms with Crippen molar-refractivity contribution in [3.8, 4) is 11.1 Å². The van der Waals surface area contributed by atoms with Gasteiger partial charge in [0.2, 0.25) is 0 Å². The van der Waals surface area contributed by atoms with Crippen LogP contribution in [0.3, 0.4) is 0 Å². The highest BCUT2D eigenvalue weighted by Gasteiger charge is 2.23. The van der Waals surface area contributed by atoms with Gasteiger partial charge in [0.1, 0.15) is 11.6 Å². The zero-order valence-electron chi connectivity index (χ0n) is 11.7. The Labute approximate surface area is 131 Å². The second-order valence-corrected chi connectivity index (χ2v) is 6.14. The molecule has 0 radical (unpaired) electrons. The van der Waals surface area contributed by atoms with Crippen molar-refractivity contribution in [1.82, 2.24) is 5.32 Å².